The summed E-state index contributed by atoms with van der Waals surface area (Å²) in [5.41, 5.74) is 1.33. The molecule has 0 saturated heterocycles. The third-order valence-corrected chi connectivity index (χ3v) is 3.14. The van der Waals surface area contributed by atoms with Crippen LogP contribution in [0.5, 0.6) is 0 Å². The molecular formula is C13H17FN4. The Labute approximate surface area is 106 Å². The predicted molar refractivity (Wildman–Crippen MR) is 67.6 cm³/mol. The summed E-state index contributed by atoms with van der Waals surface area (Å²) >= 11 is 0. The molecule has 5 heteroatoms. The van der Waals surface area contributed by atoms with Crippen molar-refractivity contribution in [2.24, 2.45) is 7.05 Å². The fourth-order valence-corrected chi connectivity index (χ4v) is 1.99. The van der Waals surface area contributed by atoms with Gasteiger partial charge in [-0.2, -0.15) is 5.10 Å². The maximum atomic E-state index is 14.1. The van der Waals surface area contributed by atoms with Crippen molar-refractivity contribution in [3.63, 3.8) is 0 Å². The number of nitrogens with one attached hydrogen (secondary N) is 1. The van der Waals surface area contributed by atoms with Crippen molar-refractivity contribution >= 4 is 0 Å². The summed E-state index contributed by atoms with van der Waals surface area (Å²) in [6.07, 6.45) is 2.11. The molecule has 96 valence electrons. The van der Waals surface area contributed by atoms with E-state index in [1.165, 1.54) is 6.33 Å². The van der Waals surface area contributed by atoms with E-state index in [-0.39, 0.29) is 11.9 Å². The van der Waals surface area contributed by atoms with Gasteiger partial charge in [0.05, 0.1) is 0 Å². The lowest BCUT2D eigenvalue weighted by Gasteiger charge is -2.17. The van der Waals surface area contributed by atoms with E-state index in [2.05, 4.69) is 15.4 Å². The Bertz CT molecular complexity index is 536. The SMILES string of the molecule is CNC(Cc1ncnn1C)c1cccc(C)c1F. The lowest BCUT2D eigenvalue weighted by Crippen LogP contribution is -2.22. The van der Waals surface area contributed by atoms with Crippen LogP contribution in [0.2, 0.25) is 0 Å². The summed E-state index contributed by atoms with van der Waals surface area (Å²) < 4.78 is 15.8. The van der Waals surface area contributed by atoms with Gasteiger partial charge in [-0.3, -0.25) is 4.68 Å². The molecule has 0 amide bonds. The molecule has 0 fully saturated rings. The van der Waals surface area contributed by atoms with Crippen molar-refractivity contribution in [3.05, 3.63) is 47.3 Å². The Kier molecular flexibility index (Phi) is 3.72. The van der Waals surface area contributed by atoms with E-state index < -0.39 is 0 Å². The zero-order chi connectivity index (χ0) is 13.1. The number of likely N-dealkylation sites (N-methyl/N-ethyl adjacent to an activating group) is 1. The third kappa shape index (κ3) is 2.41. The average Bonchev–Trinajstić information content (AvgIpc) is 2.76. The zero-order valence-electron chi connectivity index (χ0n) is 10.8. The minimum absolute atomic E-state index is 0.104. The van der Waals surface area contributed by atoms with Crippen molar-refractivity contribution in [2.75, 3.05) is 7.05 Å². The smallest absolute Gasteiger partial charge is 0.138 e. The Morgan fingerprint density at radius 2 is 2.22 bits per heavy atom. The normalized spacial score (nSPS) is 12.7. The minimum atomic E-state index is -0.154. The van der Waals surface area contributed by atoms with Gasteiger partial charge >= 0.3 is 0 Å². The molecule has 2 rings (SSSR count). The van der Waals surface area contributed by atoms with E-state index in [1.54, 1.807) is 23.7 Å². The first-order valence-electron chi connectivity index (χ1n) is 5.88. The van der Waals surface area contributed by atoms with Crippen LogP contribution in [-0.4, -0.2) is 21.8 Å². The second-order valence-corrected chi connectivity index (χ2v) is 4.32. The van der Waals surface area contributed by atoms with Gasteiger partial charge in [0, 0.05) is 25.1 Å². The topological polar surface area (TPSA) is 42.7 Å². The number of aromatic nitrogens is 3. The van der Waals surface area contributed by atoms with Gasteiger partial charge in [0.25, 0.3) is 0 Å². The molecule has 0 saturated carbocycles. The van der Waals surface area contributed by atoms with Crippen LogP contribution in [0.15, 0.2) is 24.5 Å². The molecule has 4 nitrogen and oxygen atoms in total. The van der Waals surface area contributed by atoms with Crippen molar-refractivity contribution in [1.29, 1.82) is 0 Å². The van der Waals surface area contributed by atoms with Crippen LogP contribution in [0.1, 0.15) is 23.0 Å². The van der Waals surface area contributed by atoms with Crippen LogP contribution >= 0.6 is 0 Å². The molecule has 1 atom stereocenters. The number of hydrogen-bond donors (Lipinski definition) is 1. The van der Waals surface area contributed by atoms with Gasteiger partial charge < -0.3 is 5.32 Å². The molecule has 18 heavy (non-hydrogen) atoms. The van der Waals surface area contributed by atoms with E-state index in [1.807, 2.05) is 20.2 Å². The molecule has 0 bridgehead atoms. The Balaban J connectivity index is 2.29. The molecule has 1 aromatic heterocycles. The van der Waals surface area contributed by atoms with Gasteiger partial charge in [-0.15, -0.1) is 0 Å². The Hall–Kier alpha value is -1.75. The summed E-state index contributed by atoms with van der Waals surface area (Å²) in [6.45, 7) is 1.77. The molecule has 0 aliphatic carbocycles. The maximum absolute atomic E-state index is 14.1. The van der Waals surface area contributed by atoms with Crippen molar-refractivity contribution in [3.8, 4) is 0 Å². The average molecular weight is 248 g/mol. The first-order valence-corrected chi connectivity index (χ1v) is 5.88. The molecule has 1 aromatic carbocycles. The second kappa shape index (κ2) is 5.27. The molecule has 1 unspecified atom stereocenters. The highest BCUT2D eigenvalue weighted by Gasteiger charge is 2.17. The second-order valence-electron chi connectivity index (χ2n) is 4.32. The number of aryl methyl sites for hydroxylation is 2. The van der Waals surface area contributed by atoms with Crippen LogP contribution in [0, 0.1) is 12.7 Å². The predicted octanol–water partition coefficient (Wildman–Crippen LogP) is 1.77. The van der Waals surface area contributed by atoms with Crippen LogP contribution in [0.3, 0.4) is 0 Å². The highest BCUT2D eigenvalue weighted by atomic mass is 19.1. The largest absolute Gasteiger partial charge is 0.313 e. The number of nitrogens with zero attached hydrogens (tertiary/aromatic N) is 3. The van der Waals surface area contributed by atoms with E-state index >= 15 is 0 Å². The lowest BCUT2D eigenvalue weighted by atomic mass is 10.0. The van der Waals surface area contributed by atoms with E-state index in [4.69, 9.17) is 0 Å². The van der Waals surface area contributed by atoms with Gasteiger partial charge in [-0.05, 0) is 19.5 Å². The summed E-state index contributed by atoms with van der Waals surface area (Å²) in [7, 11) is 3.66. The van der Waals surface area contributed by atoms with E-state index in [0.29, 0.717) is 17.5 Å². The first kappa shape index (κ1) is 12.7. The first-order chi connectivity index (χ1) is 8.63. The number of rotatable bonds is 4. The quantitative estimate of drug-likeness (QED) is 0.896. The lowest BCUT2D eigenvalue weighted by molar-refractivity contribution is 0.511. The molecular weight excluding hydrogens is 231 g/mol. The van der Waals surface area contributed by atoms with Gasteiger partial charge in [0.2, 0.25) is 0 Å². The summed E-state index contributed by atoms with van der Waals surface area (Å²) in [5, 5.41) is 7.15. The van der Waals surface area contributed by atoms with Crippen LogP contribution in [0.25, 0.3) is 0 Å². The van der Waals surface area contributed by atoms with Gasteiger partial charge in [0.15, 0.2) is 0 Å². The van der Waals surface area contributed by atoms with Crippen molar-refractivity contribution in [1.82, 2.24) is 20.1 Å². The molecule has 1 heterocycles. The monoisotopic (exact) mass is 248 g/mol. The molecule has 0 aliphatic heterocycles. The van der Waals surface area contributed by atoms with Gasteiger partial charge in [-0.25, -0.2) is 9.37 Å². The highest BCUT2D eigenvalue weighted by Crippen LogP contribution is 2.22. The fraction of sp³-hybridized carbons (Fsp3) is 0.385. The number of benzene rings is 1. The van der Waals surface area contributed by atoms with Gasteiger partial charge in [-0.1, -0.05) is 18.2 Å². The third-order valence-electron chi connectivity index (χ3n) is 3.14. The van der Waals surface area contributed by atoms with Gasteiger partial charge in [0.1, 0.15) is 18.0 Å². The standard InChI is InChI=1S/C13H17FN4/c1-9-5-4-6-10(13(9)14)11(15-2)7-12-16-8-17-18(12)3/h4-6,8,11,15H,7H2,1-3H3. The summed E-state index contributed by atoms with van der Waals surface area (Å²) in [5.74, 6) is 0.675. The number of hydrogen-bond acceptors (Lipinski definition) is 3. The fourth-order valence-electron chi connectivity index (χ4n) is 1.99. The van der Waals surface area contributed by atoms with E-state index in [9.17, 15) is 4.39 Å². The molecule has 1 N–H and O–H groups in total. The Morgan fingerprint density at radius 3 is 2.83 bits per heavy atom. The van der Waals surface area contributed by atoms with Crippen LogP contribution in [-0.2, 0) is 13.5 Å². The Morgan fingerprint density at radius 1 is 1.44 bits per heavy atom. The van der Waals surface area contributed by atoms with Crippen molar-refractivity contribution in [2.45, 2.75) is 19.4 Å². The summed E-state index contributed by atoms with van der Waals surface area (Å²) in [6, 6.07) is 5.34. The zero-order valence-corrected chi connectivity index (χ0v) is 10.8. The molecule has 2 aromatic rings. The van der Waals surface area contributed by atoms with E-state index in [0.717, 1.165) is 5.82 Å². The molecule has 0 radical (unpaired) electrons. The number of halogens is 1. The highest BCUT2D eigenvalue weighted by molar-refractivity contribution is 5.28. The molecule has 0 spiro atoms. The summed E-state index contributed by atoms with van der Waals surface area (Å²) in [4.78, 5) is 4.17. The van der Waals surface area contributed by atoms with Crippen LogP contribution < -0.4 is 5.32 Å². The van der Waals surface area contributed by atoms with Crippen molar-refractivity contribution < 1.29 is 4.39 Å². The maximum Gasteiger partial charge on any atom is 0.138 e. The minimum Gasteiger partial charge on any atom is -0.313 e. The molecule has 0 aliphatic rings. The van der Waals surface area contributed by atoms with Crippen LogP contribution in [0.4, 0.5) is 4.39 Å².